The Hall–Kier alpha value is -1.92. The SMILES string of the molecule is COC(=O)c1cc(NC(C)=O)c(/C=C/c2cccs2)s1. The molecule has 0 saturated heterocycles. The third-order valence-corrected chi connectivity index (χ3v) is 4.32. The lowest BCUT2D eigenvalue weighted by Gasteiger charge is -1.99. The fourth-order valence-corrected chi connectivity index (χ4v) is 3.12. The molecular formula is C14H13NO3S2. The van der Waals surface area contributed by atoms with Gasteiger partial charge in [0.15, 0.2) is 0 Å². The van der Waals surface area contributed by atoms with Crippen LogP contribution in [-0.2, 0) is 9.53 Å². The number of hydrogen-bond donors (Lipinski definition) is 1. The molecule has 6 heteroatoms. The van der Waals surface area contributed by atoms with Gasteiger partial charge in [-0.15, -0.1) is 22.7 Å². The Morgan fingerprint density at radius 2 is 2.15 bits per heavy atom. The molecule has 0 spiro atoms. The highest BCUT2D eigenvalue weighted by molar-refractivity contribution is 7.15. The molecule has 0 atom stereocenters. The number of nitrogens with one attached hydrogen (secondary N) is 1. The lowest BCUT2D eigenvalue weighted by molar-refractivity contribution is -0.114. The minimum Gasteiger partial charge on any atom is -0.465 e. The molecule has 0 saturated carbocycles. The largest absolute Gasteiger partial charge is 0.465 e. The number of rotatable bonds is 4. The summed E-state index contributed by atoms with van der Waals surface area (Å²) in [6.07, 6.45) is 3.83. The number of hydrogen-bond acceptors (Lipinski definition) is 5. The van der Waals surface area contributed by atoms with Gasteiger partial charge in [-0.3, -0.25) is 4.79 Å². The number of methoxy groups -OCH3 is 1. The third kappa shape index (κ3) is 3.55. The smallest absolute Gasteiger partial charge is 0.348 e. The molecule has 1 N–H and O–H groups in total. The van der Waals surface area contributed by atoms with Crippen molar-refractivity contribution in [2.24, 2.45) is 0 Å². The number of carbonyl (C=O) groups is 2. The predicted octanol–water partition coefficient (Wildman–Crippen LogP) is 3.73. The highest BCUT2D eigenvalue weighted by Gasteiger charge is 2.14. The van der Waals surface area contributed by atoms with Crippen LogP contribution in [0.5, 0.6) is 0 Å². The minimum atomic E-state index is -0.405. The summed E-state index contributed by atoms with van der Waals surface area (Å²) in [5.74, 6) is -0.581. The standard InChI is InChI=1S/C14H13NO3S2/c1-9(16)15-11-8-13(14(17)18-2)20-12(11)6-5-10-4-3-7-19-10/h3-8H,1-2H3,(H,15,16)/b6-5+. The average molecular weight is 307 g/mol. The molecule has 2 rings (SSSR count). The Kier molecular flexibility index (Phi) is 4.70. The molecule has 0 aliphatic rings. The molecular weight excluding hydrogens is 294 g/mol. The number of carbonyl (C=O) groups excluding carboxylic acids is 2. The topological polar surface area (TPSA) is 55.4 Å². The zero-order valence-electron chi connectivity index (χ0n) is 11.0. The van der Waals surface area contributed by atoms with Gasteiger partial charge >= 0.3 is 5.97 Å². The summed E-state index contributed by atoms with van der Waals surface area (Å²) < 4.78 is 4.70. The Morgan fingerprint density at radius 1 is 1.35 bits per heavy atom. The fraction of sp³-hybridized carbons (Fsp3) is 0.143. The van der Waals surface area contributed by atoms with Crippen LogP contribution in [-0.4, -0.2) is 19.0 Å². The summed E-state index contributed by atoms with van der Waals surface area (Å²) in [5, 5.41) is 4.71. The number of amides is 1. The highest BCUT2D eigenvalue weighted by Crippen LogP contribution is 2.30. The quantitative estimate of drug-likeness (QED) is 0.876. The van der Waals surface area contributed by atoms with Crippen molar-refractivity contribution in [2.75, 3.05) is 12.4 Å². The van der Waals surface area contributed by atoms with Crippen molar-refractivity contribution < 1.29 is 14.3 Å². The molecule has 2 aromatic heterocycles. The number of esters is 1. The number of anilines is 1. The predicted molar refractivity (Wildman–Crippen MR) is 83.2 cm³/mol. The molecule has 0 fully saturated rings. The zero-order valence-corrected chi connectivity index (χ0v) is 12.6. The van der Waals surface area contributed by atoms with Gasteiger partial charge in [-0.2, -0.15) is 0 Å². The first kappa shape index (κ1) is 14.5. The van der Waals surface area contributed by atoms with E-state index < -0.39 is 5.97 Å². The molecule has 0 aromatic carbocycles. The molecule has 0 bridgehead atoms. The van der Waals surface area contributed by atoms with Crippen LogP contribution in [0.4, 0.5) is 5.69 Å². The summed E-state index contributed by atoms with van der Waals surface area (Å²) in [6.45, 7) is 1.43. The van der Waals surface area contributed by atoms with Crippen LogP contribution in [0, 0.1) is 0 Å². The van der Waals surface area contributed by atoms with Crippen molar-refractivity contribution in [1.29, 1.82) is 0 Å². The van der Waals surface area contributed by atoms with Gasteiger partial charge in [0, 0.05) is 11.8 Å². The molecule has 2 aromatic rings. The van der Waals surface area contributed by atoms with Crippen molar-refractivity contribution in [1.82, 2.24) is 0 Å². The van der Waals surface area contributed by atoms with Crippen LogP contribution < -0.4 is 5.32 Å². The van der Waals surface area contributed by atoms with Gasteiger partial charge in [0.05, 0.1) is 17.7 Å². The van der Waals surface area contributed by atoms with E-state index in [0.717, 1.165) is 9.75 Å². The van der Waals surface area contributed by atoms with E-state index in [2.05, 4.69) is 5.32 Å². The average Bonchev–Trinajstić information content (AvgIpc) is 3.04. The summed E-state index contributed by atoms with van der Waals surface area (Å²) in [5.41, 5.74) is 0.621. The molecule has 0 radical (unpaired) electrons. The van der Waals surface area contributed by atoms with Gasteiger partial charge in [-0.05, 0) is 29.7 Å². The van der Waals surface area contributed by atoms with Gasteiger partial charge in [-0.25, -0.2) is 4.79 Å². The second-order valence-corrected chi connectivity index (χ2v) is 5.97. The van der Waals surface area contributed by atoms with Crippen molar-refractivity contribution in [3.05, 3.63) is 38.2 Å². The Balaban J connectivity index is 2.31. The molecule has 20 heavy (non-hydrogen) atoms. The summed E-state index contributed by atoms with van der Waals surface area (Å²) in [7, 11) is 1.33. The minimum absolute atomic E-state index is 0.176. The fourth-order valence-electron chi connectivity index (χ4n) is 1.56. The number of thiophene rings is 2. The maximum absolute atomic E-state index is 11.6. The molecule has 4 nitrogen and oxygen atoms in total. The van der Waals surface area contributed by atoms with Gasteiger partial charge in [0.1, 0.15) is 4.88 Å². The van der Waals surface area contributed by atoms with Gasteiger partial charge in [0.2, 0.25) is 5.91 Å². The third-order valence-electron chi connectivity index (χ3n) is 2.40. The molecule has 0 aliphatic carbocycles. The van der Waals surface area contributed by atoms with E-state index in [1.807, 2.05) is 29.7 Å². The summed E-state index contributed by atoms with van der Waals surface area (Å²) in [6, 6.07) is 5.59. The van der Waals surface area contributed by atoms with Crippen LogP contribution in [0.15, 0.2) is 23.6 Å². The normalized spacial score (nSPS) is 10.7. The van der Waals surface area contributed by atoms with Gasteiger partial charge in [-0.1, -0.05) is 6.07 Å². The van der Waals surface area contributed by atoms with E-state index in [1.165, 1.54) is 25.4 Å². The number of ether oxygens (including phenoxy) is 1. The van der Waals surface area contributed by atoms with Crippen molar-refractivity contribution >= 4 is 52.4 Å². The first-order valence-corrected chi connectivity index (χ1v) is 7.51. The second-order valence-electron chi connectivity index (χ2n) is 3.91. The molecule has 104 valence electrons. The first-order chi connectivity index (χ1) is 9.60. The van der Waals surface area contributed by atoms with E-state index in [0.29, 0.717) is 10.6 Å². The maximum atomic E-state index is 11.6. The van der Waals surface area contributed by atoms with E-state index in [-0.39, 0.29) is 5.91 Å². The van der Waals surface area contributed by atoms with Crippen LogP contribution in [0.2, 0.25) is 0 Å². The van der Waals surface area contributed by atoms with Crippen molar-refractivity contribution in [3.63, 3.8) is 0 Å². The monoisotopic (exact) mass is 307 g/mol. The summed E-state index contributed by atoms with van der Waals surface area (Å²) in [4.78, 5) is 25.1. The van der Waals surface area contributed by atoms with Gasteiger partial charge in [0.25, 0.3) is 0 Å². The van der Waals surface area contributed by atoms with E-state index in [1.54, 1.807) is 17.4 Å². The van der Waals surface area contributed by atoms with Crippen LogP contribution in [0.25, 0.3) is 12.2 Å². The maximum Gasteiger partial charge on any atom is 0.348 e. The summed E-state index contributed by atoms with van der Waals surface area (Å²) >= 11 is 2.90. The first-order valence-electron chi connectivity index (χ1n) is 5.81. The van der Waals surface area contributed by atoms with E-state index in [9.17, 15) is 9.59 Å². The Bertz CT molecular complexity index is 641. The Labute approximate surface area is 124 Å². The zero-order chi connectivity index (χ0) is 14.5. The van der Waals surface area contributed by atoms with Crippen LogP contribution >= 0.6 is 22.7 Å². The van der Waals surface area contributed by atoms with E-state index in [4.69, 9.17) is 4.74 Å². The highest BCUT2D eigenvalue weighted by atomic mass is 32.1. The van der Waals surface area contributed by atoms with Crippen LogP contribution in [0.1, 0.15) is 26.3 Å². The molecule has 0 unspecified atom stereocenters. The lowest BCUT2D eigenvalue weighted by Crippen LogP contribution is -2.05. The van der Waals surface area contributed by atoms with E-state index >= 15 is 0 Å². The van der Waals surface area contributed by atoms with Crippen LogP contribution in [0.3, 0.4) is 0 Å². The Morgan fingerprint density at radius 3 is 2.75 bits per heavy atom. The second kappa shape index (κ2) is 6.49. The van der Waals surface area contributed by atoms with Crippen molar-refractivity contribution in [3.8, 4) is 0 Å². The molecule has 1 amide bonds. The van der Waals surface area contributed by atoms with Gasteiger partial charge < -0.3 is 10.1 Å². The van der Waals surface area contributed by atoms with Crippen molar-refractivity contribution in [2.45, 2.75) is 6.92 Å². The molecule has 0 aliphatic heterocycles. The lowest BCUT2D eigenvalue weighted by atomic mass is 10.3. The molecule has 2 heterocycles.